The van der Waals surface area contributed by atoms with Gasteiger partial charge in [-0.05, 0) is 31.5 Å². The van der Waals surface area contributed by atoms with Crippen LogP contribution in [0.25, 0.3) is 0 Å². The van der Waals surface area contributed by atoms with Crippen molar-refractivity contribution in [3.63, 3.8) is 0 Å². The van der Waals surface area contributed by atoms with Crippen molar-refractivity contribution >= 4 is 15.9 Å². The summed E-state index contributed by atoms with van der Waals surface area (Å²) in [5, 5.41) is 8.92. The lowest BCUT2D eigenvalue weighted by atomic mass is 10.00. The van der Waals surface area contributed by atoms with Crippen LogP contribution in [0, 0.1) is 5.92 Å². The number of nitrogens with zero attached hydrogens (tertiary/aromatic N) is 1. The van der Waals surface area contributed by atoms with E-state index in [1.54, 1.807) is 0 Å². The smallest absolute Gasteiger partial charge is 0.396 e. The van der Waals surface area contributed by atoms with Gasteiger partial charge in [-0.25, -0.2) is 8.42 Å². The second-order valence-electron chi connectivity index (χ2n) is 5.16. The molecule has 2 atom stereocenters. The van der Waals surface area contributed by atoms with E-state index >= 15 is 0 Å². The highest BCUT2D eigenvalue weighted by molar-refractivity contribution is 7.89. The van der Waals surface area contributed by atoms with Crippen LogP contribution in [0.15, 0.2) is 29.2 Å². The highest BCUT2D eigenvalue weighted by Gasteiger charge is 2.44. The Hall–Kier alpha value is -1.65. The van der Waals surface area contributed by atoms with Crippen LogP contribution in [0.2, 0.25) is 0 Å². The molecule has 1 aliphatic heterocycles. The molecule has 0 spiro atoms. The van der Waals surface area contributed by atoms with Gasteiger partial charge in [-0.3, -0.25) is 10.2 Å². The molecule has 10 heteroatoms. The van der Waals surface area contributed by atoms with Crippen molar-refractivity contribution in [1.82, 2.24) is 9.84 Å². The van der Waals surface area contributed by atoms with Crippen molar-refractivity contribution < 1.29 is 31.5 Å². The molecule has 1 amide bonds. The molecule has 0 bridgehead atoms. The summed E-state index contributed by atoms with van der Waals surface area (Å²) in [6.45, 7) is 1.14. The third-order valence-electron chi connectivity index (χ3n) is 3.67. The van der Waals surface area contributed by atoms with E-state index < -0.39 is 44.5 Å². The van der Waals surface area contributed by atoms with E-state index in [0.29, 0.717) is 10.5 Å². The van der Waals surface area contributed by atoms with Gasteiger partial charge in [-0.1, -0.05) is 6.07 Å². The van der Waals surface area contributed by atoms with E-state index in [1.165, 1.54) is 6.92 Å². The first-order valence-corrected chi connectivity index (χ1v) is 8.16. The molecule has 23 heavy (non-hydrogen) atoms. The second kappa shape index (κ2) is 6.10. The Labute approximate surface area is 130 Å². The summed E-state index contributed by atoms with van der Waals surface area (Å²) in [7, 11) is -4.34. The van der Waals surface area contributed by atoms with Crippen LogP contribution >= 0.6 is 0 Å². The number of aliphatic hydroxyl groups is 1. The minimum absolute atomic E-state index is 0.0572. The molecule has 1 fully saturated rings. The first-order valence-electron chi connectivity index (χ1n) is 6.72. The number of alkyl halides is 3. The lowest BCUT2D eigenvalue weighted by Gasteiger charge is -2.22. The molecular formula is C13H15F3N2O4S. The van der Waals surface area contributed by atoms with Crippen molar-refractivity contribution in [2.45, 2.75) is 30.5 Å². The fraction of sp³-hybridized carbons (Fsp3) is 0.462. The summed E-state index contributed by atoms with van der Waals surface area (Å²) in [6.07, 6.45) is -4.62. The van der Waals surface area contributed by atoms with Gasteiger partial charge in [0.05, 0.1) is 22.4 Å². The molecule has 1 aromatic carbocycles. The normalized spacial score (nSPS) is 23.1. The van der Waals surface area contributed by atoms with Crippen LogP contribution in [-0.4, -0.2) is 36.5 Å². The minimum Gasteiger partial charge on any atom is -0.396 e. The van der Waals surface area contributed by atoms with Crippen LogP contribution in [0.1, 0.15) is 18.9 Å². The maximum Gasteiger partial charge on any atom is 0.416 e. The number of benzene rings is 1. The largest absolute Gasteiger partial charge is 0.416 e. The zero-order chi connectivity index (χ0) is 17.4. The molecule has 2 rings (SSSR count). The van der Waals surface area contributed by atoms with E-state index in [4.69, 9.17) is 5.11 Å². The van der Waals surface area contributed by atoms with Crippen LogP contribution in [-0.2, 0) is 21.0 Å². The number of rotatable bonds is 4. The lowest BCUT2D eigenvalue weighted by molar-refractivity contribution is -0.137. The van der Waals surface area contributed by atoms with E-state index in [-0.39, 0.29) is 13.0 Å². The van der Waals surface area contributed by atoms with Gasteiger partial charge < -0.3 is 5.11 Å². The quantitative estimate of drug-likeness (QED) is 0.850. The Morgan fingerprint density at radius 1 is 1.35 bits per heavy atom. The molecule has 1 saturated heterocycles. The Balaban J connectivity index is 2.38. The standard InChI is InChI=1S/C13H15F3N2O4S/c1-8-11(5-6-19)12(20)17-18(8)23(21,22)10-4-2-3-9(7-10)13(14,15)16/h2-4,7-8,11,19H,5-6H2,1H3,(H,17,20). The van der Waals surface area contributed by atoms with Gasteiger partial charge >= 0.3 is 6.18 Å². The van der Waals surface area contributed by atoms with Crippen molar-refractivity contribution in [3.8, 4) is 0 Å². The second-order valence-corrected chi connectivity index (χ2v) is 6.98. The number of nitrogens with one attached hydrogen (secondary N) is 1. The van der Waals surface area contributed by atoms with Crippen molar-refractivity contribution in [2.24, 2.45) is 5.92 Å². The summed E-state index contributed by atoms with van der Waals surface area (Å²) in [5.41, 5.74) is 1.06. The average Bonchev–Trinajstić information content (AvgIpc) is 2.76. The fourth-order valence-corrected chi connectivity index (χ4v) is 3.96. The molecule has 0 aliphatic carbocycles. The number of hydrogen-bond acceptors (Lipinski definition) is 4. The third-order valence-corrected chi connectivity index (χ3v) is 5.46. The van der Waals surface area contributed by atoms with Gasteiger partial charge in [0.2, 0.25) is 5.91 Å². The van der Waals surface area contributed by atoms with E-state index in [2.05, 4.69) is 5.43 Å². The SMILES string of the molecule is CC1C(CCO)C(=O)NN1S(=O)(=O)c1cccc(C(F)(F)F)c1. The topological polar surface area (TPSA) is 86.7 Å². The molecule has 2 unspecified atom stereocenters. The Kier molecular flexibility index (Phi) is 4.69. The van der Waals surface area contributed by atoms with Gasteiger partial charge in [0.25, 0.3) is 10.0 Å². The molecule has 0 radical (unpaired) electrons. The number of aliphatic hydroxyl groups excluding tert-OH is 1. The van der Waals surface area contributed by atoms with Gasteiger partial charge in [-0.15, -0.1) is 4.41 Å². The summed E-state index contributed by atoms with van der Waals surface area (Å²) in [6, 6.07) is 2.48. The predicted octanol–water partition coefficient (Wildman–Crippen LogP) is 1.13. The van der Waals surface area contributed by atoms with Gasteiger partial charge in [-0.2, -0.15) is 13.2 Å². The monoisotopic (exact) mass is 352 g/mol. The van der Waals surface area contributed by atoms with E-state index in [9.17, 15) is 26.4 Å². The molecule has 0 aromatic heterocycles. The fourth-order valence-electron chi connectivity index (χ4n) is 2.41. The number of hydrogen-bond donors (Lipinski definition) is 2. The van der Waals surface area contributed by atoms with Crippen LogP contribution in [0.4, 0.5) is 13.2 Å². The van der Waals surface area contributed by atoms with Gasteiger partial charge in [0.15, 0.2) is 0 Å². The van der Waals surface area contributed by atoms with Crippen LogP contribution in [0.5, 0.6) is 0 Å². The highest BCUT2D eigenvalue weighted by atomic mass is 32.2. The molecular weight excluding hydrogens is 337 g/mol. The lowest BCUT2D eigenvalue weighted by Crippen LogP contribution is -2.42. The van der Waals surface area contributed by atoms with E-state index in [1.807, 2.05) is 0 Å². The summed E-state index contributed by atoms with van der Waals surface area (Å²) < 4.78 is 63.8. The molecule has 1 aromatic rings. The molecule has 128 valence electrons. The molecule has 2 N–H and O–H groups in total. The Bertz CT molecular complexity index is 705. The maximum absolute atomic E-state index is 12.7. The molecule has 6 nitrogen and oxygen atoms in total. The maximum atomic E-state index is 12.7. The zero-order valence-electron chi connectivity index (χ0n) is 12.0. The summed E-state index contributed by atoms with van der Waals surface area (Å²) in [4.78, 5) is 11.2. The number of carbonyl (C=O) groups excluding carboxylic acids is 1. The number of amides is 1. The Morgan fingerprint density at radius 2 is 2.00 bits per heavy atom. The number of sulfonamides is 1. The van der Waals surface area contributed by atoms with Crippen LogP contribution in [0.3, 0.4) is 0 Å². The molecule has 1 heterocycles. The van der Waals surface area contributed by atoms with Gasteiger partial charge in [0, 0.05) is 6.61 Å². The Morgan fingerprint density at radius 3 is 2.57 bits per heavy atom. The minimum atomic E-state index is -4.68. The predicted molar refractivity (Wildman–Crippen MR) is 73.3 cm³/mol. The molecule has 0 saturated carbocycles. The van der Waals surface area contributed by atoms with Crippen molar-refractivity contribution in [3.05, 3.63) is 29.8 Å². The van der Waals surface area contributed by atoms with Gasteiger partial charge in [0.1, 0.15) is 0 Å². The first kappa shape index (κ1) is 17.7. The number of halogens is 3. The summed E-state index contributed by atoms with van der Waals surface area (Å²) >= 11 is 0. The third kappa shape index (κ3) is 3.33. The number of hydrazine groups is 1. The molecule has 1 aliphatic rings. The summed E-state index contributed by atoms with van der Waals surface area (Å²) in [5.74, 6) is -1.36. The average molecular weight is 352 g/mol. The van der Waals surface area contributed by atoms with Crippen molar-refractivity contribution in [1.29, 1.82) is 0 Å². The van der Waals surface area contributed by atoms with Crippen molar-refractivity contribution in [2.75, 3.05) is 6.61 Å². The zero-order valence-corrected chi connectivity index (χ0v) is 12.9. The first-order chi connectivity index (χ1) is 10.6. The van der Waals surface area contributed by atoms with Crippen LogP contribution < -0.4 is 5.43 Å². The van der Waals surface area contributed by atoms with E-state index in [0.717, 1.165) is 18.2 Å². The number of carbonyl (C=O) groups is 1. The highest BCUT2D eigenvalue weighted by Crippen LogP contribution is 2.32.